The summed E-state index contributed by atoms with van der Waals surface area (Å²) in [6, 6.07) is 0. The van der Waals surface area contributed by atoms with Gasteiger partial charge >= 0.3 is 6.09 Å². The fourth-order valence-corrected chi connectivity index (χ4v) is 1.97. The molecule has 0 aliphatic carbocycles. The third-order valence-electron chi connectivity index (χ3n) is 2.93. The van der Waals surface area contributed by atoms with E-state index in [4.69, 9.17) is 14.2 Å². The summed E-state index contributed by atoms with van der Waals surface area (Å²) in [6.45, 7) is 7.78. The summed E-state index contributed by atoms with van der Waals surface area (Å²) in [5, 5.41) is 2.75. The van der Waals surface area contributed by atoms with Crippen LogP contribution in [0.15, 0.2) is 0 Å². The van der Waals surface area contributed by atoms with Gasteiger partial charge in [0.2, 0.25) is 0 Å². The van der Waals surface area contributed by atoms with Crippen LogP contribution in [0.2, 0.25) is 0 Å². The van der Waals surface area contributed by atoms with Crippen molar-refractivity contribution in [2.24, 2.45) is 0 Å². The SMILES string of the molecule is CC(C)(C)OC(=O)NCCCCCOC1CCCCO1. The molecular weight excluding hydrogens is 258 g/mol. The first kappa shape index (κ1) is 17.2. The molecule has 1 rings (SSSR count). The minimum atomic E-state index is -0.433. The highest BCUT2D eigenvalue weighted by atomic mass is 16.7. The number of hydrogen-bond donors (Lipinski definition) is 1. The molecule has 0 aromatic heterocycles. The molecule has 0 radical (unpaired) electrons. The van der Waals surface area contributed by atoms with Gasteiger partial charge in [-0.2, -0.15) is 0 Å². The van der Waals surface area contributed by atoms with Gasteiger partial charge in [0.05, 0.1) is 0 Å². The monoisotopic (exact) mass is 287 g/mol. The van der Waals surface area contributed by atoms with Crippen molar-refractivity contribution in [3.8, 4) is 0 Å². The molecule has 1 aliphatic heterocycles. The van der Waals surface area contributed by atoms with E-state index < -0.39 is 5.60 Å². The second-order valence-corrected chi connectivity index (χ2v) is 6.16. The van der Waals surface area contributed by atoms with Gasteiger partial charge in [0, 0.05) is 19.8 Å². The van der Waals surface area contributed by atoms with E-state index in [9.17, 15) is 4.79 Å². The normalized spacial score (nSPS) is 19.6. The Morgan fingerprint density at radius 2 is 2.05 bits per heavy atom. The second-order valence-electron chi connectivity index (χ2n) is 6.16. The number of nitrogens with one attached hydrogen (secondary N) is 1. The van der Waals surface area contributed by atoms with Crippen molar-refractivity contribution in [2.75, 3.05) is 19.8 Å². The minimum absolute atomic E-state index is 0.00337. The quantitative estimate of drug-likeness (QED) is 0.730. The van der Waals surface area contributed by atoms with E-state index >= 15 is 0 Å². The lowest BCUT2D eigenvalue weighted by molar-refractivity contribution is -0.162. The summed E-state index contributed by atoms with van der Waals surface area (Å²) in [5.41, 5.74) is -0.433. The standard InChI is InChI=1S/C15H29NO4/c1-15(2,3)20-14(17)16-10-6-4-7-11-18-13-9-5-8-12-19-13/h13H,4-12H2,1-3H3,(H,16,17). The first-order valence-electron chi connectivity index (χ1n) is 7.67. The van der Waals surface area contributed by atoms with E-state index in [0.717, 1.165) is 45.3 Å². The molecule has 1 unspecified atom stereocenters. The van der Waals surface area contributed by atoms with Crippen molar-refractivity contribution in [2.45, 2.75) is 71.2 Å². The van der Waals surface area contributed by atoms with Crippen molar-refractivity contribution in [1.29, 1.82) is 0 Å². The molecule has 1 N–H and O–H groups in total. The lowest BCUT2D eigenvalue weighted by Gasteiger charge is -2.22. The molecule has 0 aromatic carbocycles. The molecule has 118 valence electrons. The fraction of sp³-hybridized carbons (Fsp3) is 0.933. The van der Waals surface area contributed by atoms with Gasteiger partial charge in [-0.25, -0.2) is 4.79 Å². The van der Waals surface area contributed by atoms with Crippen molar-refractivity contribution >= 4 is 6.09 Å². The van der Waals surface area contributed by atoms with Crippen LogP contribution < -0.4 is 5.32 Å². The maximum absolute atomic E-state index is 11.4. The molecule has 0 bridgehead atoms. The highest BCUT2D eigenvalue weighted by Gasteiger charge is 2.15. The topological polar surface area (TPSA) is 56.8 Å². The summed E-state index contributed by atoms with van der Waals surface area (Å²) >= 11 is 0. The molecule has 1 heterocycles. The third-order valence-corrected chi connectivity index (χ3v) is 2.93. The largest absolute Gasteiger partial charge is 0.444 e. The van der Waals surface area contributed by atoms with Gasteiger partial charge in [-0.05, 0) is 59.3 Å². The Balaban J connectivity index is 1.88. The molecule has 5 heteroatoms. The summed E-state index contributed by atoms with van der Waals surface area (Å²) in [7, 11) is 0. The van der Waals surface area contributed by atoms with E-state index in [1.54, 1.807) is 0 Å². The van der Waals surface area contributed by atoms with Gasteiger partial charge in [-0.1, -0.05) is 0 Å². The molecule has 1 fully saturated rings. The Bertz CT molecular complexity index is 270. The summed E-state index contributed by atoms with van der Waals surface area (Å²) in [6.07, 6.45) is 5.99. The van der Waals surface area contributed by atoms with Crippen molar-refractivity contribution in [3.05, 3.63) is 0 Å². The molecule has 1 amide bonds. The Hall–Kier alpha value is -0.810. The van der Waals surface area contributed by atoms with E-state index in [1.807, 2.05) is 20.8 Å². The molecule has 5 nitrogen and oxygen atoms in total. The molecule has 0 spiro atoms. The first-order valence-corrected chi connectivity index (χ1v) is 7.67. The lowest BCUT2D eigenvalue weighted by atomic mass is 10.2. The number of amides is 1. The Labute approximate surface area is 122 Å². The van der Waals surface area contributed by atoms with Crippen LogP contribution in [-0.2, 0) is 14.2 Å². The summed E-state index contributed by atoms with van der Waals surface area (Å²) < 4.78 is 16.3. The van der Waals surface area contributed by atoms with Crippen LogP contribution in [0.5, 0.6) is 0 Å². The Kier molecular flexibility index (Phi) is 7.92. The maximum Gasteiger partial charge on any atom is 0.407 e. The first-order chi connectivity index (χ1) is 9.47. The van der Waals surface area contributed by atoms with Crippen molar-refractivity contribution in [1.82, 2.24) is 5.32 Å². The van der Waals surface area contributed by atoms with E-state index in [1.165, 1.54) is 6.42 Å². The fourth-order valence-electron chi connectivity index (χ4n) is 1.97. The van der Waals surface area contributed by atoms with Crippen molar-refractivity contribution in [3.63, 3.8) is 0 Å². The van der Waals surface area contributed by atoms with Crippen LogP contribution in [0.1, 0.15) is 59.3 Å². The highest BCUT2D eigenvalue weighted by molar-refractivity contribution is 5.67. The minimum Gasteiger partial charge on any atom is -0.444 e. The zero-order valence-corrected chi connectivity index (χ0v) is 13.1. The second kappa shape index (κ2) is 9.19. The number of unbranched alkanes of at least 4 members (excludes halogenated alkanes) is 2. The van der Waals surface area contributed by atoms with Crippen LogP contribution >= 0.6 is 0 Å². The van der Waals surface area contributed by atoms with E-state index in [0.29, 0.717) is 6.54 Å². The number of rotatable bonds is 7. The van der Waals surface area contributed by atoms with Crippen LogP contribution in [0.4, 0.5) is 4.79 Å². The average molecular weight is 287 g/mol. The van der Waals surface area contributed by atoms with E-state index in [-0.39, 0.29) is 12.4 Å². The summed E-state index contributed by atoms with van der Waals surface area (Å²) in [5.74, 6) is 0. The van der Waals surface area contributed by atoms with Gasteiger partial charge in [-0.3, -0.25) is 0 Å². The molecule has 1 atom stereocenters. The number of carbonyl (C=O) groups excluding carboxylic acids is 1. The zero-order valence-electron chi connectivity index (χ0n) is 13.1. The number of carbonyl (C=O) groups is 1. The average Bonchev–Trinajstić information content (AvgIpc) is 2.37. The predicted molar refractivity (Wildman–Crippen MR) is 77.6 cm³/mol. The predicted octanol–water partition coefficient (Wildman–Crippen LogP) is 3.22. The third kappa shape index (κ3) is 9.15. The van der Waals surface area contributed by atoms with Crippen LogP contribution in [0.25, 0.3) is 0 Å². The van der Waals surface area contributed by atoms with E-state index in [2.05, 4.69) is 5.32 Å². The van der Waals surface area contributed by atoms with Crippen LogP contribution in [0.3, 0.4) is 0 Å². The summed E-state index contributed by atoms with van der Waals surface area (Å²) in [4.78, 5) is 11.4. The maximum atomic E-state index is 11.4. The molecule has 1 aliphatic rings. The van der Waals surface area contributed by atoms with Crippen molar-refractivity contribution < 1.29 is 19.0 Å². The molecule has 0 aromatic rings. The molecule has 0 saturated carbocycles. The van der Waals surface area contributed by atoms with Gasteiger partial charge in [0.15, 0.2) is 6.29 Å². The van der Waals surface area contributed by atoms with Gasteiger partial charge in [0.25, 0.3) is 0 Å². The zero-order chi connectivity index (χ0) is 14.8. The Morgan fingerprint density at radius 3 is 2.70 bits per heavy atom. The number of ether oxygens (including phenoxy) is 3. The number of alkyl carbamates (subject to hydrolysis) is 1. The molecule has 1 saturated heterocycles. The van der Waals surface area contributed by atoms with Gasteiger partial charge in [0.1, 0.15) is 5.60 Å². The smallest absolute Gasteiger partial charge is 0.407 e. The molecular formula is C15H29NO4. The van der Waals surface area contributed by atoms with Gasteiger partial charge < -0.3 is 19.5 Å². The lowest BCUT2D eigenvalue weighted by Crippen LogP contribution is -2.33. The van der Waals surface area contributed by atoms with Crippen LogP contribution in [0, 0.1) is 0 Å². The van der Waals surface area contributed by atoms with Crippen LogP contribution in [-0.4, -0.2) is 37.7 Å². The molecule has 20 heavy (non-hydrogen) atoms. The number of hydrogen-bond acceptors (Lipinski definition) is 4. The van der Waals surface area contributed by atoms with Gasteiger partial charge in [-0.15, -0.1) is 0 Å². The highest BCUT2D eigenvalue weighted by Crippen LogP contribution is 2.14. The Morgan fingerprint density at radius 1 is 1.25 bits per heavy atom.